The highest BCUT2D eigenvalue weighted by molar-refractivity contribution is 5.76. The van der Waals surface area contributed by atoms with Crippen LogP contribution in [0.5, 0.6) is 0 Å². The standard InChI is InChI=1S/C13H22N2O4/c1-12(2,3)19-11(18)15-5-4-9(14)13(7-15)6-8(13)10(16)17/h8-9H,4-7,14H2,1-3H3,(H,16,17). The van der Waals surface area contributed by atoms with Gasteiger partial charge in [-0.3, -0.25) is 4.79 Å². The first-order chi connectivity index (χ1) is 8.66. The second-order valence-electron chi connectivity index (χ2n) is 6.63. The van der Waals surface area contributed by atoms with E-state index in [1.807, 2.05) is 20.8 Å². The number of hydrogen-bond donors (Lipinski definition) is 2. The number of hydrogen-bond acceptors (Lipinski definition) is 4. The van der Waals surface area contributed by atoms with Crippen LogP contribution in [0.15, 0.2) is 0 Å². The van der Waals surface area contributed by atoms with Gasteiger partial charge in [0.1, 0.15) is 5.60 Å². The average molecular weight is 270 g/mol. The van der Waals surface area contributed by atoms with E-state index in [4.69, 9.17) is 15.6 Å². The van der Waals surface area contributed by atoms with Gasteiger partial charge in [-0.05, 0) is 33.6 Å². The summed E-state index contributed by atoms with van der Waals surface area (Å²) in [6, 6.07) is -0.146. The number of rotatable bonds is 1. The molecule has 1 saturated carbocycles. The van der Waals surface area contributed by atoms with E-state index >= 15 is 0 Å². The van der Waals surface area contributed by atoms with Crippen LogP contribution in [0.1, 0.15) is 33.6 Å². The zero-order valence-corrected chi connectivity index (χ0v) is 11.7. The maximum absolute atomic E-state index is 12.0. The highest BCUT2D eigenvalue weighted by atomic mass is 16.6. The Hall–Kier alpha value is -1.30. The summed E-state index contributed by atoms with van der Waals surface area (Å²) in [5.74, 6) is -1.24. The van der Waals surface area contributed by atoms with Crippen molar-refractivity contribution in [2.45, 2.75) is 45.3 Å². The van der Waals surface area contributed by atoms with Crippen LogP contribution in [0.25, 0.3) is 0 Å². The Labute approximate surface area is 112 Å². The molecule has 0 bridgehead atoms. The molecule has 0 radical (unpaired) electrons. The van der Waals surface area contributed by atoms with Crippen molar-refractivity contribution in [1.29, 1.82) is 0 Å². The van der Waals surface area contributed by atoms with Crippen molar-refractivity contribution in [2.75, 3.05) is 13.1 Å². The molecule has 0 aromatic rings. The maximum Gasteiger partial charge on any atom is 0.410 e. The number of carboxylic acid groups (broad SMARTS) is 1. The Kier molecular flexibility index (Phi) is 3.24. The third-order valence-corrected chi connectivity index (χ3v) is 4.00. The molecule has 1 heterocycles. The molecule has 1 aliphatic carbocycles. The summed E-state index contributed by atoms with van der Waals surface area (Å²) >= 11 is 0. The Morgan fingerprint density at radius 2 is 2.05 bits per heavy atom. The van der Waals surface area contributed by atoms with Crippen LogP contribution >= 0.6 is 0 Å². The minimum absolute atomic E-state index is 0.146. The van der Waals surface area contributed by atoms with Crippen LogP contribution in [-0.4, -0.2) is 46.8 Å². The highest BCUT2D eigenvalue weighted by Gasteiger charge is 2.64. The number of carbonyl (C=O) groups excluding carboxylic acids is 1. The first kappa shape index (κ1) is 14.1. The van der Waals surface area contributed by atoms with E-state index in [-0.39, 0.29) is 12.1 Å². The van der Waals surface area contributed by atoms with Gasteiger partial charge in [-0.1, -0.05) is 0 Å². The number of aliphatic carboxylic acids is 1. The Morgan fingerprint density at radius 1 is 1.42 bits per heavy atom. The second-order valence-corrected chi connectivity index (χ2v) is 6.63. The summed E-state index contributed by atoms with van der Waals surface area (Å²) in [4.78, 5) is 24.7. The lowest BCUT2D eigenvalue weighted by Gasteiger charge is -2.38. The number of carboxylic acids is 1. The molecule has 3 unspecified atom stereocenters. The number of amides is 1. The molecule has 3 atom stereocenters. The lowest BCUT2D eigenvalue weighted by atomic mass is 9.87. The van der Waals surface area contributed by atoms with E-state index in [1.54, 1.807) is 4.90 Å². The molecule has 0 aromatic heterocycles. The van der Waals surface area contributed by atoms with Gasteiger partial charge in [0.15, 0.2) is 0 Å². The van der Waals surface area contributed by atoms with Gasteiger partial charge in [0, 0.05) is 24.5 Å². The number of nitrogens with zero attached hydrogens (tertiary/aromatic N) is 1. The lowest BCUT2D eigenvalue weighted by molar-refractivity contribution is -0.140. The number of likely N-dealkylation sites (tertiary alicyclic amines) is 1. The third-order valence-electron chi connectivity index (χ3n) is 4.00. The van der Waals surface area contributed by atoms with Crippen LogP contribution in [0.3, 0.4) is 0 Å². The predicted molar refractivity (Wildman–Crippen MR) is 68.6 cm³/mol. The molecule has 1 spiro atoms. The van der Waals surface area contributed by atoms with Gasteiger partial charge in [-0.2, -0.15) is 0 Å². The largest absolute Gasteiger partial charge is 0.481 e. The van der Waals surface area contributed by atoms with Gasteiger partial charge < -0.3 is 20.5 Å². The van der Waals surface area contributed by atoms with Crippen molar-refractivity contribution < 1.29 is 19.4 Å². The predicted octanol–water partition coefficient (Wildman–Crippen LogP) is 1.05. The molecular weight excluding hydrogens is 248 g/mol. The summed E-state index contributed by atoms with van der Waals surface area (Å²) in [6.45, 7) is 6.36. The molecular formula is C13H22N2O4. The zero-order chi connectivity index (χ0) is 14.4. The van der Waals surface area contributed by atoms with E-state index in [9.17, 15) is 9.59 Å². The van der Waals surface area contributed by atoms with Gasteiger partial charge in [-0.25, -0.2) is 4.79 Å². The minimum Gasteiger partial charge on any atom is -0.481 e. The van der Waals surface area contributed by atoms with Crippen molar-refractivity contribution in [3.05, 3.63) is 0 Å². The summed E-state index contributed by atoms with van der Waals surface area (Å²) in [6.07, 6.45) is 0.807. The molecule has 1 amide bonds. The molecule has 6 heteroatoms. The monoisotopic (exact) mass is 270 g/mol. The molecule has 2 fully saturated rings. The van der Waals surface area contributed by atoms with Gasteiger partial charge in [0.05, 0.1) is 5.92 Å². The molecule has 6 nitrogen and oxygen atoms in total. The molecule has 1 saturated heterocycles. The summed E-state index contributed by atoms with van der Waals surface area (Å²) in [5, 5.41) is 9.11. The van der Waals surface area contributed by atoms with Gasteiger partial charge >= 0.3 is 12.1 Å². The molecule has 3 N–H and O–H groups in total. The lowest BCUT2D eigenvalue weighted by Crippen LogP contribution is -2.52. The SMILES string of the molecule is CC(C)(C)OC(=O)N1CCC(N)C2(CC2C(=O)O)C1. The van der Waals surface area contributed by atoms with Crippen LogP contribution in [0, 0.1) is 11.3 Å². The van der Waals surface area contributed by atoms with Gasteiger partial charge in [-0.15, -0.1) is 0 Å². The fourth-order valence-corrected chi connectivity index (χ4v) is 2.86. The minimum atomic E-state index is -0.818. The molecule has 2 rings (SSSR count). The van der Waals surface area contributed by atoms with Crippen molar-refractivity contribution in [3.63, 3.8) is 0 Å². The normalized spacial score (nSPS) is 34.2. The Morgan fingerprint density at radius 3 is 2.53 bits per heavy atom. The number of carbonyl (C=O) groups is 2. The Balaban J connectivity index is 2.03. The average Bonchev–Trinajstić information content (AvgIpc) is 2.96. The van der Waals surface area contributed by atoms with Crippen LogP contribution in [0.2, 0.25) is 0 Å². The zero-order valence-electron chi connectivity index (χ0n) is 11.7. The molecule has 108 valence electrons. The molecule has 2 aliphatic rings. The third kappa shape index (κ3) is 2.68. The molecule has 1 aliphatic heterocycles. The smallest absolute Gasteiger partial charge is 0.410 e. The van der Waals surface area contributed by atoms with Crippen molar-refractivity contribution in [3.8, 4) is 0 Å². The second kappa shape index (κ2) is 4.37. The number of ether oxygens (including phenoxy) is 1. The Bertz CT molecular complexity index is 404. The van der Waals surface area contributed by atoms with Crippen LogP contribution < -0.4 is 5.73 Å². The molecule has 0 aromatic carbocycles. The van der Waals surface area contributed by atoms with Crippen molar-refractivity contribution >= 4 is 12.1 Å². The van der Waals surface area contributed by atoms with Crippen molar-refractivity contribution in [1.82, 2.24) is 4.90 Å². The number of nitrogens with two attached hydrogens (primary N) is 1. The molecule has 19 heavy (non-hydrogen) atoms. The van der Waals surface area contributed by atoms with Gasteiger partial charge in [0.25, 0.3) is 0 Å². The first-order valence-electron chi connectivity index (χ1n) is 6.62. The topological polar surface area (TPSA) is 92.9 Å². The van der Waals surface area contributed by atoms with Crippen LogP contribution in [-0.2, 0) is 9.53 Å². The summed E-state index contributed by atoms with van der Waals surface area (Å²) in [7, 11) is 0. The highest BCUT2D eigenvalue weighted by Crippen LogP contribution is 2.57. The summed E-state index contributed by atoms with van der Waals surface area (Å²) in [5.41, 5.74) is 5.07. The van der Waals surface area contributed by atoms with E-state index in [0.29, 0.717) is 25.9 Å². The van der Waals surface area contributed by atoms with E-state index < -0.39 is 22.9 Å². The van der Waals surface area contributed by atoms with Crippen LogP contribution in [0.4, 0.5) is 4.79 Å². The fourth-order valence-electron chi connectivity index (χ4n) is 2.86. The van der Waals surface area contributed by atoms with Gasteiger partial charge in [0.2, 0.25) is 0 Å². The van der Waals surface area contributed by atoms with Crippen molar-refractivity contribution in [2.24, 2.45) is 17.1 Å². The van der Waals surface area contributed by atoms with E-state index in [1.165, 1.54) is 0 Å². The maximum atomic E-state index is 12.0. The quantitative estimate of drug-likeness (QED) is 0.742. The van der Waals surface area contributed by atoms with E-state index in [2.05, 4.69) is 0 Å². The first-order valence-corrected chi connectivity index (χ1v) is 6.62. The fraction of sp³-hybridized carbons (Fsp3) is 0.846. The van der Waals surface area contributed by atoms with E-state index in [0.717, 1.165) is 0 Å². The number of piperidine rings is 1. The summed E-state index contributed by atoms with van der Waals surface area (Å²) < 4.78 is 5.33.